The number of amides is 1. The van der Waals surface area contributed by atoms with Crippen LogP contribution in [0.5, 0.6) is 0 Å². The van der Waals surface area contributed by atoms with Gasteiger partial charge in [0.1, 0.15) is 5.82 Å². The van der Waals surface area contributed by atoms with Gasteiger partial charge in [-0.25, -0.2) is 4.98 Å². The minimum absolute atomic E-state index is 0.293. The van der Waals surface area contributed by atoms with Gasteiger partial charge in [-0.1, -0.05) is 29.3 Å². The van der Waals surface area contributed by atoms with Crippen LogP contribution < -0.4 is 10.6 Å². The highest BCUT2D eigenvalue weighted by atomic mass is 35.5. The van der Waals surface area contributed by atoms with Crippen molar-refractivity contribution in [2.45, 2.75) is 6.54 Å². The second kappa shape index (κ2) is 7.96. The lowest BCUT2D eigenvalue weighted by Gasteiger charge is -2.10. The van der Waals surface area contributed by atoms with E-state index in [1.807, 2.05) is 12.1 Å². The summed E-state index contributed by atoms with van der Waals surface area (Å²) in [7, 11) is 0. The third-order valence-corrected chi connectivity index (χ3v) is 4.26. The molecule has 0 spiro atoms. The van der Waals surface area contributed by atoms with Crippen molar-refractivity contribution < 1.29 is 4.79 Å². The molecule has 1 aromatic carbocycles. The average molecular weight is 373 g/mol. The van der Waals surface area contributed by atoms with Crippen LogP contribution >= 0.6 is 23.2 Å². The van der Waals surface area contributed by atoms with Crippen molar-refractivity contribution in [1.82, 2.24) is 9.97 Å². The quantitative estimate of drug-likeness (QED) is 0.683. The number of anilines is 2. The highest BCUT2D eigenvalue weighted by molar-refractivity contribution is 6.44. The fourth-order valence-electron chi connectivity index (χ4n) is 2.16. The van der Waals surface area contributed by atoms with Crippen LogP contribution in [0.15, 0.2) is 61.1 Å². The summed E-state index contributed by atoms with van der Waals surface area (Å²) in [6, 6.07) is 12.2. The van der Waals surface area contributed by atoms with Gasteiger partial charge in [0.05, 0.1) is 15.7 Å². The average Bonchev–Trinajstić information content (AvgIpc) is 2.65. The van der Waals surface area contributed by atoms with E-state index in [4.69, 9.17) is 23.2 Å². The van der Waals surface area contributed by atoms with E-state index in [2.05, 4.69) is 20.6 Å². The monoisotopic (exact) mass is 372 g/mol. The van der Waals surface area contributed by atoms with Crippen LogP contribution in [0.1, 0.15) is 15.9 Å². The summed E-state index contributed by atoms with van der Waals surface area (Å²) in [6.45, 7) is 0.584. The third-order valence-electron chi connectivity index (χ3n) is 3.44. The number of hydrogen-bond acceptors (Lipinski definition) is 4. The van der Waals surface area contributed by atoms with Crippen molar-refractivity contribution in [3.05, 3.63) is 82.2 Å². The van der Waals surface area contributed by atoms with E-state index in [1.54, 1.807) is 48.9 Å². The van der Waals surface area contributed by atoms with E-state index in [1.165, 1.54) is 0 Å². The molecule has 0 radical (unpaired) electrons. The Balaban J connectivity index is 1.70. The standard InChI is InChI=1S/C18H14Cl2N4O/c19-14-2-1-3-15(17(14)20)24-18(25)13-6-9-22-16(10-13)23-11-12-4-7-21-8-5-12/h1-10H,11H2,(H,22,23)(H,24,25). The first-order valence-electron chi connectivity index (χ1n) is 7.47. The third kappa shape index (κ3) is 4.47. The summed E-state index contributed by atoms with van der Waals surface area (Å²) in [5.41, 5.74) is 1.99. The predicted octanol–water partition coefficient (Wildman–Crippen LogP) is 4.65. The number of hydrogen-bond donors (Lipinski definition) is 2. The molecule has 1 amide bonds. The minimum Gasteiger partial charge on any atom is -0.366 e. The first-order valence-corrected chi connectivity index (χ1v) is 8.23. The number of carbonyl (C=O) groups is 1. The fraction of sp³-hybridized carbons (Fsp3) is 0.0556. The first kappa shape index (κ1) is 17.2. The second-order valence-corrected chi connectivity index (χ2v) is 5.98. The summed E-state index contributed by atoms with van der Waals surface area (Å²) in [6.07, 6.45) is 5.02. The fourth-order valence-corrected chi connectivity index (χ4v) is 2.50. The maximum Gasteiger partial charge on any atom is 0.255 e. The van der Waals surface area contributed by atoms with Crippen LogP contribution in [-0.4, -0.2) is 15.9 Å². The summed E-state index contributed by atoms with van der Waals surface area (Å²) >= 11 is 12.1. The number of nitrogens with zero attached hydrogens (tertiary/aromatic N) is 2. The van der Waals surface area contributed by atoms with Crippen LogP contribution in [0.25, 0.3) is 0 Å². The van der Waals surface area contributed by atoms with Gasteiger partial charge in [-0.3, -0.25) is 9.78 Å². The topological polar surface area (TPSA) is 66.9 Å². The highest BCUT2D eigenvalue weighted by Crippen LogP contribution is 2.29. The van der Waals surface area contributed by atoms with Crippen molar-refractivity contribution in [2.24, 2.45) is 0 Å². The van der Waals surface area contributed by atoms with Crippen molar-refractivity contribution in [1.29, 1.82) is 0 Å². The van der Waals surface area contributed by atoms with Crippen molar-refractivity contribution in [3.8, 4) is 0 Å². The Bertz CT molecular complexity index is 887. The maximum atomic E-state index is 12.4. The van der Waals surface area contributed by atoms with Gasteiger partial charge in [-0.2, -0.15) is 0 Å². The zero-order valence-corrected chi connectivity index (χ0v) is 14.6. The molecule has 0 saturated heterocycles. The largest absolute Gasteiger partial charge is 0.366 e. The van der Waals surface area contributed by atoms with Gasteiger partial charge in [-0.15, -0.1) is 0 Å². The zero-order valence-electron chi connectivity index (χ0n) is 13.0. The van der Waals surface area contributed by atoms with Gasteiger partial charge < -0.3 is 10.6 Å². The zero-order chi connectivity index (χ0) is 17.6. The number of pyridine rings is 2. The Hall–Kier alpha value is -2.63. The summed E-state index contributed by atoms with van der Waals surface area (Å²) in [5, 5.41) is 6.61. The predicted molar refractivity (Wildman–Crippen MR) is 100 cm³/mol. The molecule has 3 rings (SSSR count). The molecular formula is C18H14Cl2N4O. The molecule has 25 heavy (non-hydrogen) atoms. The smallest absolute Gasteiger partial charge is 0.255 e. The van der Waals surface area contributed by atoms with E-state index in [0.717, 1.165) is 5.56 Å². The van der Waals surface area contributed by atoms with E-state index < -0.39 is 0 Å². The molecule has 7 heteroatoms. The van der Waals surface area contributed by atoms with Crippen LogP contribution in [0, 0.1) is 0 Å². The number of rotatable bonds is 5. The Labute approximate surface area is 155 Å². The molecule has 2 aromatic heterocycles. The molecule has 5 nitrogen and oxygen atoms in total. The molecule has 0 saturated carbocycles. The van der Waals surface area contributed by atoms with E-state index in [0.29, 0.717) is 33.7 Å². The Kier molecular flexibility index (Phi) is 5.48. The molecule has 0 aliphatic rings. The molecule has 0 atom stereocenters. The molecule has 2 N–H and O–H groups in total. The Morgan fingerprint density at radius 1 is 1.04 bits per heavy atom. The van der Waals surface area contributed by atoms with Crippen molar-refractivity contribution in [3.63, 3.8) is 0 Å². The maximum absolute atomic E-state index is 12.4. The summed E-state index contributed by atoms with van der Waals surface area (Å²) < 4.78 is 0. The van der Waals surface area contributed by atoms with Crippen LogP contribution in [-0.2, 0) is 6.54 Å². The van der Waals surface area contributed by atoms with Crippen LogP contribution in [0.4, 0.5) is 11.5 Å². The molecule has 3 aromatic rings. The van der Waals surface area contributed by atoms with E-state index >= 15 is 0 Å². The summed E-state index contributed by atoms with van der Waals surface area (Å²) in [5.74, 6) is 0.306. The van der Waals surface area contributed by atoms with Gasteiger partial charge >= 0.3 is 0 Å². The molecule has 0 aliphatic carbocycles. The number of benzene rings is 1. The van der Waals surface area contributed by atoms with Crippen molar-refractivity contribution >= 4 is 40.6 Å². The van der Waals surface area contributed by atoms with E-state index in [-0.39, 0.29) is 5.91 Å². The van der Waals surface area contributed by atoms with Gasteiger partial charge in [0.25, 0.3) is 5.91 Å². The molecule has 2 heterocycles. The Morgan fingerprint density at radius 2 is 1.84 bits per heavy atom. The number of aromatic nitrogens is 2. The van der Waals surface area contributed by atoms with E-state index in [9.17, 15) is 4.79 Å². The summed E-state index contributed by atoms with van der Waals surface area (Å²) in [4.78, 5) is 20.6. The molecule has 126 valence electrons. The second-order valence-electron chi connectivity index (χ2n) is 5.19. The van der Waals surface area contributed by atoms with Crippen molar-refractivity contribution in [2.75, 3.05) is 10.6 Å². The normalized spacial score (nSPS) is 10.3. The van der Waals surface area contributed by atoms with Gasteiger partial charge in [0.2, 0.25) is 0 Å². The SMILES string of the molecule is O=C(Nc1cccc(Cl)c1Cl)c1ccnc(NCc2ccncc2)c1. The lowest BCUT2D eigenvalue weighted by Crippen LogP contribution is -2.13. The molecule has 0 unspecified atom stereocenters. The molecule has 0 fully saturated rings. The number of halogens is 2. The molecular weight excluding hydrogens is 359 g/mol. The lowest BCUT2D eigenvalue weighted by molar-refractivity contribution is 0.102. The van der Waals surface area contributed by atoms with Gasteiger partial charge in [-0.05, 0) is 42.0 Å². The lowest BCUT2D eigenvalue weighted by atomic mass is 10.2. The van der Waals surface area contributed by atoms with Gasteiger partial charge in [0.15, 0.2) is 0 Å². The first-order chi connectivity index (χ1) is 12.1. The number of carbonyl (C=O) groups excluding carboxylic acids is 1. The highest BCUT2D eigenvalue weighted by Gasteiger charge is 2.11. The van der Waals surface area contributed by atoms with Crippen LogP contribution in [0.2, 0.25) is 10.0 Å². The van der Waals surface area contributed by atoms with Gasteiger partial charge in [0, 0.05) is 30.7 Å². The Morgan fingerprint density at radius 3 is 2.64 bits per heavy atom. The van der Waals surface area contributed by atoms with Crippen LogP contribution in [0.3, 0.4) is 0 Å². The number of nitrogens with one attached hydrogen (secondary N) is 2. The minimum atomic E-state index is -0.293. The molecule has 0 aliphatic heterocycles. The molecule has 0 bridgehead atoms.